The summed E-state index contributed by atoms with van der Waals surface area (Å²) in [4.78, 5) is 7.51. The molecule has 0 atom stereocenters. The van der Waals surface area contributed by atoms with E-state index >= 15 is 0 Å². The van der Waals surface area contributed by atoms with Gasteiger partial charge in [-0.2, -0.15) is 0 Å². The molecule has 0 aromatic carbocycles. The number of hydrogen-bond donors (Lipinski definition) is 0. The van der Waals surface area contributed by atoms with Crippen molar-refractivity contribution in [3.8, 4) is 0 Å². The molecule has 1 aromatic heterocycles. The Labute approximate surface area is 62.8 Å². The summed E-state index contributed by atoms with van der Waals surface area (Å²) in [7, 11) is 0. The van der Waals surface area contributed by atoms with E-state index in [4.69, 9.17) is 23.2 Å². The monoisotopic (exact) mass is 162 g/mol. The Hall–Kier alpha value is -0.340. The molecular formula is C5H4Cl2N2. The second-order valence-corrected chi connectivity index (χ2v) is 2.13. The van der Waals surface area contributed by atoms with Gasteiger partial charge in [0.05, 0.1) is 16.6 Å². The predicted octanol–water partition coefficient (Wildman–Crippen LogP) is 1.87. The van der Waals surface area contributed by atoms with Gasteiger partial charge in [0.2, 0.25) is 0 Å². The molecular weight excluding hydrogens is 159 g/mol. The molecule has 0 spiro atoms. The highest BCUT2D eigenvalue weighted by Gasteiger charge is 1.96. The highest BCUT2D eigenvalue weighted by molar-refractivity contribution is 6.31. The number of halogens is 2. The maximum atomic E-state index is 5.61. The molecule has 2 nitrogen and oxygen atoms in total. The maximum Gasteiger partial charge on any atom is 0.115 e. The van der Waals surface area contributed by atoms with Gasteiger partial charge in [-0.05, 0) is 0 Å². The summed E-state index contributed by atoms with van der Waals surface area (Å²) >= 11 is 11.1. The second-order valence-electron chi connectivity index (χ2n) is 1.45. The smallest absolute Gasteiger partial charge is 0.115 e. The van der Waals surface area contributed by atoms with Crippen LogP contribution >= 0.6 is 23.2 Å². The van der Waals surface area contributed by atoms with E-state index in [0.717, 1.165) is 0 Å². The Kier molecular flexibility index (Phi) is 2.25. The molecule has 1 heterocycles. The average Bonchev–Trinajstić information content (AvgIpc) is 1.89. The molecule has 0 amide bonds. The SMILES string of the molecule is ClCc1ncncc1Cl. The van der Waals surface area contributed by atoms with Crippen LogP contribution in [-0.4, -0.2) is 9.97 Å². The molecule has 0 fully saturated rings. The molecule has 0 aliphatic heterocycles. The molecule has 1 aromatic rings. The lowest BCUT2D eigenvalue weighted by molar-refractivity contribution is 1.08. The normalized spacial score (nSPS) is 9.56. The Morgan fingerprint density at radius 2 is 2.33 bits per heavy atom. The molecule has 0 unspecified atom stereocenters. The first kappa shape index (κ1) is 6.78. The number of hydrogen-bond acceptors (Lipinski definition) is 2. The van der Waals surface area contributed by atoms with E-state index < -0.39 is 0 Å². The summed E-state index contributed by atoms with van der Waals surface area (Å²) in [5.41, 5.74) is 0.674. The molecule has 0 aliphatic rings. The predicted molar refractivity (Wildman–Crippen MR) is 36.6 cm³/mol. The minimum absolute atomic E-state index is 0.335. The van der Waals surface area contributed by atoms with Gasteiger partial charge < -0.3 is 0 Å². The van der Waals surface area contributed by atoms with E-state index in [2.05, 4.69) is 9.97 Å². The van der Waals surface area contributed by atoms with Gasteiger partial charge in [-0.3, -0.25) is 0 Å². The van der Waals surface area contributed by atoms with Crippen molar-refractivity contribution in [2.75, 3.05) is 0 Å². The van der Waals surface area contributed by atoms with E-state index in [1.165, 1.54) is 12.5 Å². The van der Waals surface area contributed by atoms with Crippen molar-refractivity contribution in [2.24, 2.45) is 0 Å². The third-order valence-corrected chi connectivity index (χ3v) is 1.44. The fraction of sp³-hybridized carbons (Fsp3) is 0.200. The van der Waals surface area contributed by atoms with E-state index in [9.17, 15) is 0 Å². The van der Waals surface area contributed by atoms with E-state index in [1.807, 2.05) is 0 Å². The van der Waals surface area contributed by atoms with Gasteiger partial charge >= 0.3 is 0 Å². The van der Waals surface area contributed by atoms with Crippen LogP contribution in [0.5, 0.6) is 0 Å². The van der Waals surface area contributed by atoms with Crippen LogP contribution in [0.4, 0.5) is 0 Å². The van der Waals surface area contributed by atoms with Crippen molar-refractivity contribution >= 4 is 23.2 Å². The van der Waals surface area contributed by atoms with Crippen molar-refractivity contribution in [1.82, 2.24) is 9.97 Å². The van der Waals surface area contributed by atoms with Crippen molar-refractivity contribution < 1.29 is 0 Å². The van der Waals surface area contributed by atoms with Gasteiger partial charge in [0.1, 0.15) is 6.33 Å². The van der Waals surface area contributed by atoms with Crippen LogP contribution < -0.4 is 0 Å². The van der Waals surface area contributed by atoms with Crippen LogP contribution in [0.2, 0.25) is 5.02 Å². The number of alkyl halides is 1. The average molecular weight is 163 g/mol. The fourth-order valence-electron chi connectivity index (χ4n) is 0.436. The van der Waals surface area contributed by atoms with Gasteiger partial charge in [0.15, 0.2) is 0 Å². The third-order valence-electron chi connectivity index (χ3n) is 0.870. The molecule has 9 heavy (non-hydrogen) atoms. The van der Waals surface area contributed by atoms with Crippen LogP contribution in [0.1, 0.15) is 5.69 Å². The van der Waals surface area contributed by atoms with Crippen LogP contribution in [0.3, 0.4) is 0 Å². The molecule has 0 radical (unpaired) electrons. The first-order valence-electron chi connectivity index (χ1n) is 2.35. The Morgan fingerprint density at radius 1 is 1.56 bits per heavy atom. The summed E-state index contributed by atoms with van der Waals surface area (Å²) in [5.74, 6) is 0.335. The molecule has 48 valence electrons. The fourth-order valence-corrected chi connectivity index (χ4v) is 0.890. The molecule has 1 rings (SSSR count). The van der Waals surface area contributed by atoms with Gasteiger partial charge in [0, 0.05) is 6.20 Å². The van der Waals surface area contributed by atoms with Crippen molar-refractivity contribution in [1.29, 1.82) is 0 Å². The number of nitrogens with zero attached hydrogens (tertiary/aromatic N) is 2. The van der Waals surface area contributed by atoms with Gasteiger partial charge in [-0.15, -0.1) is 11.6 Å². The van der Waals surface area contributed by atoms with E-state index in [-0.39, 0.29) is 0 Å². The summed E-state index contributed by atoms with van der Waals surface area (Å²) in [6.07, 6.45) is 2.94. The quantitative estimate of drug-likeness (QED) is 0.590. The second kappa shape index (κ2) is 2.99. The minimum Gasteiger partial charge on any atom is -0.243 e. The third kappa shape index (κ3) is 1.53. The standard InChI is InChI=1S/C5H4Cl2N2/c6-1-5-4(7)2-8-3-9-5/h2-3H,1H2. The summed E-state index contributed by atoms with van der Waals surface area (Å²) < 4.78 is 0. The van der Waals surface area contributed by atoms with Crippen molar-refractivity contribution in [3.05, 3.63) is 23.2 Å². The van der Waals surface area contributed by atoms with Gasteiger partial charge in [-0.1, -0.05) is 11.6 Å². The van der Waals surface area contributed by atoms with Crippen LogP contribution in [-0.2, 0) is 5.88 Å². The molecule has 4 heteroatoms. The topological polar surface area (TPSA) is 25.8 Å². The van der Waals surface area contributed by atoms with Gasteiger partial charge in [0.25, 0.3) is 0 Å². The zero-order valence-electron chi connectivity index (χ0n) is 4.51. The molecule has 0 N–H and O–H groups in total. The first-order valence-corrected chi connectivity index (χ1v) is 3.26. The lowest BCUT2D eigenvalue weighted by Crippen LogP contribution is -1.86. The largest absolute Gasteiger partial charge is 0.243 e. The van der Waals surface area contributed by atoms with Crippen molar-refractivity contribution in [3.63, 3.8) is 0 Å². The Bertz CT molecular complexity index is 202. The molecule has 0 bridgehead atoms. The van der Waals surface area contributed by atoms with Crippen LogP contribution in [0.25, 0.3) is 0 Å². The molecule has 0 saturated heterocycles. The van der Waals surface area contributed by atoms with Gasteiger partial charge in [-0.25, -0.2) is 9.97 Å². The lowest BCUT2D eigenvalue weighted by Gasteiger charge is -1.93. The summed E-state index contributed by atoms with van der Waals surface area (Å²) in [5, 5.41) is 0.521. The number of rotatable bonds is 1. The highest BCUT2D eigenvalue weighted by Crippen LogP contribution is 2.11. The maximum absolute atomic E-state index is 5.61. The Morgan fingerprint density at radius 3 is 2.78 bits per heavy atom. The van der Waals surface area contributed by atoms with E-state index in [0.29, 0.717) is 16.6 Å². The zero-order chi connectivity index (χ0) is 6.69. The molecule has 0 saturated carbocycles. The molecule has 0 aliphatic carbocycles. The van der Waals surface area contributed by atoms with Crippen molar-refractivity contribution in [2.45, 2.75) is 5.88 Å². The zero-order valence-corrected chi connectivity index (χ0v) is 6.02. The van der Waals surface area contributed by atoms with Crippen LogP contribution in [0, 0.1) is 0 Å². The Balaban J connectivity index is 3.01. The first-order chi connectivity index (χ1) is 4.34. The van der Waals surface area contributed by atoms with Crippen LogP contribution in [0.15, 0.2) is 12.5 Å². The van der Waals surface area contributed by atoms with E-state index in [1.54, 1.807) is 0 Å². The minimum atomic E-state index is 0.335. The highest BCUT2D eigenvalue weighted by atomic mass is 35.5. The summed E-state index contributed by atoms with van der Waals surface area (Å²) in [6, 6.07) is 0. The number of aromatic nitrogens is 2. The lowest BCUT2D eigenvalue weighted by atomic mass is 10.5. The summed E-state index contributed by atoms with van der Waals surface area (Å²) in [6.45, 7) is 0.